The van der Waals surface area contributed by atoms with Crippen LogP contribution in [0.2, 0.25) is 0 Å². The van der Waals surface area contributed by atoms with Crippen molar-refractivity contribution in [3.8, 4) is 5.75 Å². The van der Waals surface area contributed by atoms with Crippen LogP contribution < -0.4 is 4.74 Å². The van der Waals surface area contributed by atoms with Crippen LogP contribution in [-0.4, -0.2) is 31.6 Å². The minimum Gasteiger partial charge on any atom is -0.493 e. The second-order valence-electron chi connectivity index (χ2n) is 5.35. The molecule has 1 aliphatic rings. The fourth-order valence-corrected chi connectivity index (χ4v) is 2.58. The predicted molar refractivity (Wildman–Crippen MR) is 71.6 cm³/mol. The van der Waals surface area contributed by atoms with Gasteiger partial charge in [-0.1, -0.05) is 17.7 Å². The molecule has 1 saturated heterocycles. The Morgan fingerprint density at radius 1 is 1.35 bits per heavy atom. The molecule has 0 saturated carbocycles. The van der Waals surface area contributed by atoms with Gasteiger partial charge in [-0.2, -0.15) is 0 Å². The van der Waals surface area contributed by atoms with Gasteiger partial charge in [0.1, 0.15) is 5.75 Å². The first kappa shape index (κ1) is 12.4. The molecule has 0 aliphatic carbocycles. The van der Waals surface area contributed by atoms with Gasteiger partial charge in [-0.05, 0) is 51.9 Å². The molecule has 0 N–H and O–H groups in total. The van der Waals surface area contributed by atoms with Crippen LogP contribution >= 0.6 is 0 Å². The first-order chi connectivity index (χ1) is 8.15. The van der Waals surface area contributed by atoms with E-state index in [0.717, 1.165) is 12.4 Å². The zero-order valence-electron chi connectivity index (χ0n) is 11.2. The van der Waals surface area contributed by atoms with E-state index >= 15 is 0 Å². The molecule has 2 rings (SSSR count). The summed E-state index contributed by atoms with van der Waals surface area (Å²) in [5.41, 5.74) is 2.54. The second kappa shape index (κ2) is 5.54. The largest absolute Gasteiger partial charge is 0.493 e. The average molecular weight is 233 g/mol. The third-order valence-corrected chi connectivity index (χ3v) is 3.53. The quantitative estimate of drug-likeness (QED) is 0.795. The number of rotatable bonds is 3. The first-order valence-corrected chi connectivity index (χ1v) is 6.54. The fourth-order valence-electron chi connectivity index (χ4n) is 2.58. The van der Waals surface area contributed by atoms with Crippen molar-refractivity contribution in [3.05, 3.63) is 29.3 Å². The minimum atomic E-state index is 0.689. The lowest BCUT2D eigenvalue weighted by atomic mass is 9.99. The van der Waals surface area contributed by atoms with Gasteiger partial charge in [0.15, 0.2) is 0 Å². The molecule has 1 atom stereocenters. The SMILES string of the molecule is Cc1ccc(OCC2CCCN(C)C2)c(C)c1. The van der Waals surface area contributed by atoms with Crippen LogP contribution in [0, 0.1) is 19.8 Å². The van der Waals surface area contributed by atoms with E-state index in [1.807, 2.05) is 0 Å². The van der Waals surface area contributed by atoms with Gasteiger partial charge in [0.2, 0.25) is 0 Å². The van der Waals surface area contributed by atoms with Crippen molar-refractivity contribution in [3.63, 3.8) is 0 Å². The van der Waals surface area contributed by atoms with E-state index < -0.39 is 0 Å². The number of likely N-dealkylation sites (tertiary alicyclic amines) is 1. The molecule has 1 aliphatic heterocycles. The van der Waals surface area contributed by atoms with Gasteiger partial charge in [-0.25, -0.2) is 0 Å². The summed E-state index contributed by atoms with van der Waals surface area (Å²) in [6, 6.07) is 6.40. The summed E-state index contributed by atoms with van der Waals surface area (Å²) in [4.78, 5) is 2.40. The Labute approximate surface area is 105 Å². The molecule has 1 aromatic rings. The topological polar surface area (TPSA) is 12.5 Å². The Morgan fingerprint density at radius 3 is 2.88 bits per heavy atom. The summed E-state index contributed by atoms with van der Waals surface area (Å²) in [7, 11) is 2.20. The van der Waals surface area contributed by atoms with Crippen LogP contribution in [0.3, 0.4) is 0 Å². The standard InChI is InChI=1S/C15H23NO/c1-12-6-7-15(13(2)9-12)17-11-14-5-4-8-16(3)10-14/h6-7,9,14H,4-5,8,10-11H2,1-3H3. The molecule has 2 nitrogen and oxygen atoms in total. The summed E-state index contributed by atoms with van der Waals surface area (Å²) in [5, 5.41) is 0. The van der Waals surface area contributed by atoms with Crippen LogP contribution in [0.25, 0.3) is 0 Å². The highest BCUT2D eigenvalue weighted by molar-refractivity contribution is 5.35. The summed E-state index contributed by atoms with van der Waals surface area (Å²) in [5.74, 6) is 1.73. The number of aryl methyl sites for hydroxylation is 2. The Balaban J connectivity index is 1.88. The van der Waals surface area contributed by atoms with Gasteiger partial charge in [-0.15, -0.1) is 0 Å². The number of ether oxygens (including phenoxy) is 1. The number of nitrogens with zero attached hydrogens (tertiary/aromatic N) is 1. The van der Waals surface area contributed by atoms with Crippen LogP contribution in [0.4, 0.5) is 0 Å². The molecule has 1 unspecified atom stereocenters. The summed E-state index contributed by atoms with van der Waals surface area (Å²) in [6.07, 6.45) is 2.60. The molecule has 0 amide bonds. The molecular weight excluding hydrogens is 210 g/mol. The van der Waals surface area contributed by atoms with Gasteiger partial charge in [0, 0.05) is 12.5 Å². The van der Waals surface area contributed by atoms with E-state index in [4.69, 9.17) is 4.74 Å². The smallest absolute Gasteiger partial charge is 0.122 e. The third-order valence-electron chi connectivity index (χ3n) is 3.53. The number of hydrogen-bond donors (Lipinski definition) is 0. The van der Waals surface area contributed by atoms with Crippen molar-refractivity contribution in [1.29, 1.82) is 0 Å². The molecule has 0 bridgehead atoms. The van der Waals surface area contributed by atoms with Crippen LogP contribution in [0.1, 0.15) is 24.0 Å². The zero-order chi connectivity index (χ0) is 12.3. The molecular formula is C15H23NO. The van der Waals surface area contributed by atoms with E-state index in [-0.39, 0.29) is 0 Å². The highest BCUT2D eigenvalue weighted by Gasteiger charge is 2.17. The maximum Gasteiger partial charge on any atom is 0.122 e. The van der Waals surface area contributed by atoms with E-state index in [2.05, 4.69) is 44.0 Å². The molecule has 0 radical (unpaired) electrons. The molecule has 0 spiro atoms. The lowest BCUT2D eigenvalue weighted by Gasteiger charge is -2.29. The van der Waals surface area contributed by atoms with Gasteiger partial charge in [0.05, 0.1) is 6.61 Å². The van der Waals surface area contributed by atoms with Crippen LogP contribution in [0.5, 0.6) is 5.75 Å². The van der Waals surface area contributed by atoms with E-state index in [1.54, 1.807) is 0 Å². The Hall–Kier alpha value is -1.02. The number of piperidine rings is 1. The molecule has 17 heavy (non-hydrogen) atoms. The van der Waals surface area contributed by atoms with Crippen molar-refractivity contribution < 1.29 is 4.74 Å². The van der Waals surface area contributed by atoms with E-state index in [0.29, 0.717) is 5.92 Å². The van der Waals surface area contributed by atoms with Gasteiger partial charge in [0.25, 0.3) is 0 Å². The first-order valence-electron chi connectivity index (χ1n) is 6.54. The van der Waals surface area contributed by atoms with Crippen molar-refractivity contribution in [2.45, 2.75) is 26.7 Å². The fraction of sp³-hybridized carbons (Fsp3) is 0.600. The highest BCUT2D eigenvalue weighted by Crippen LogP contribution is 2.21. The third kappa shape index (κ3) is 3.47. The maximum absolute atomic E-state index is 5.95. The lowest BCUT2D eigenvalue weighted by molar-refractivity contribution is 0.150. The summed E-state index contributed by atoms with van der Waals surface area (Å²) < 4.78 is 5.95. The van der Waals surface area contributed by atoms with E-state index in [9.17, 15) is 0 Å². The molecule has 1 aromatic carbocycles. The molecule has 1 fully saturated rings. The normalized spacial score (nSPS) is 21.5. The molecule has 0 aromatic heterocycles. The maximum atomic E-state index is 5.95. The molecule has 2 heteroatoms. The Morgan fingerprint density at radius 2 is 2.18 bits per heavy atom. The van der Waals surface area contributed by atoms with Gasteiger partial charge < -0.3 is 9.64 Å². The van der Waals surface area contributed by atoms with Crippen molar-refractivity contribution in [2.24, 2.45) is 5.92 Å². The zero-order valence-corrected chi connectivity index (χ0v) is 11.2. The second-order valence-corrected chi connectivity index (χ2v) is 5.35. The highest BCUT2D eigenvalue weighted by atomic mass is 16.5. The van der Waals surface area contributed by atoms with E-state index in [1.165, 1.54) is 37.1 Å². The number of benzene rings is 1. The van der Waals surface area contributed by atoms with Crippen LogP contribution in [-0.2, 0) is 0 Å². The predicted octanol–water partition coefficient (Wildman–Crippen LogP) is 3.02. The molecule has 1 heterocycles. The Kier molecular flexibility index (Phi) is 4.06. The molecule has 94 valence electrons. The number of hydrogen-bond acceptors (Lipinski definition) is 2. The lowest BCUT2D eigenvalue weighted by Crippen LogP contribution is -2.34. The summed E-state index contributed by atoms with van der Waals surface area (Å²) in [6.45, 7) is 7.50. The summed E-state index contributed by atoms with van der Waals surface area (Å²) >= 11 is 0. The minimum absolute atomic E-state index is 0.689. The monoisotopic (exact) mass is 233 g/mol. The van der Waals surface area contributed by atoms with Gasteiger partial charge in [-0.3, -0.25) is 0 Å². The van der Waals surface area contributed by atoms with Crippen molar-refractivity contribution in [2.75, 3.05) is 26.7 Å². The van der Waals surface area contributed by atoms with Gasteiger partial charge >= 0.3 is 0 Å². The Bertz CT molecular complexity index is 375. The van der Waals surface area contributed by atoms with Crippen molar-refractivity contribution >= 4 is 0 Å². The van der Waals surface area contributed by atoms with Crippen molar-refractivity contribution in [1.82, 2.24) is 4.90 Å². The van der Waals surface area contributed by atoms with Crippen LogP contribution in [0.15, 0.2) is 18.2 Å². The average Bonchev–Trinajstić information content (AvgIpc) is 2.28.